The number of benzene rings is 8. The Morgan fingerprint density at radius 1 is 0.373 bits per heavy atom. The molecule has 0 atom stereocenters. The summed E-state index contributed by atoms with van der Waals surface area (Å²) in [6.07, 6.45) is 0. The van der Waals surface area contributed by atoms with Crippen LogP contribution in [0, 0.1) is 0 Å². The highest BCUT2D eigenvalue weighted by Gasteiger charge is 2.23. The van der Waals surface area contributed by atoms with E-state index >= 15 is 0 Å². The van der Waals surface area contributed by atoms with E-state index in [0.717, 1.165) is 49.8 Å². The van der Waals surface area contributed by atoms with Crippen LogP contribution < -0.4 is 0 Å². The molecule has 3 aromatic heterocycles. The third-order valence-corrected chi connectivity index (χ3v) is 11.6. The number of furan rings is 1. The van der Waals surface area contributed by atoms with E-state index < -0.39 is 0 Å². The number of para-hydroxylation sites is 2. The van der Waals surface area contributed by atoms with E-state index in [1.165, 1.54) is 53.2 Å². The van der Waals surface area contributed by atoms with Crippen molar-refractivity contribution in [3.05, 3.63) is 176 Å². The highest BCUT2D eigenvalue weighted by molar-refractivity contribution is 7.25. The van der Waals surface area contributed by atoms with Crippen LogP contribution in [-0.4, -0.2) is 4.57 Å². The van der Waals surface area contributed by atoms with Crippen molar-refractivity contribution < 1.29 is 4.42 Å². The lowest BCUT2D eigenvalue weighted by Crippen LogP contribution is -1.94. The molecule has 11 rings (SSSR count). The molecule has 8 aromatic carbocycles. The summed E-state index contributed by atoms with van der Waals surface area (Å²) in [7, 11) is 0. The topological polar surface area (TPSA) is 18.1 Å². The number of aromatic nitrogens is 1. The number of hydrogen-bond donors (Lipinski definition) is 0. The molecule has 11 aromatic rings. The quantitative estimate of drug-likeness (QED) is 0.183. The Morgan fingerprint density at radius 2 is 1.02 bits per heavy atom. The molecule has 0 aliphatic rings. The fourth-order valence-electron chi connectivity index (χ4n) is 8.17. The van der Waals surface area contributed by atoms with E-state index in [4.69, 9.17) is 4.42 Å². The second-order valence-corrected chi connectivity index (χ2v) is 14.3. The zero-order valence-electron chi connectivity index (χ0n) is 27.5. The standard InChI is InChI=1S/C48H29NOS/c1-3-13-30(14-4-1)32-25-28-41-39(29-32)34-17-7-9-21-40(34)49(41)42-22-11-20-38-46-36(27-26-33(48(46)50-47(38)42)31-15-5-2-6-16-31)35-19-12-24-44-45(35)37-18-8-10-23-43(37)51-44/h1-29H. The van der Waals surface area contributed by atoms with E-state index in [0.29, 0.717) is 0 Å². The van der Waals surface area contributed by atoms with Crippen LogP contribution in [0.5, 0.6) is 0 Å². The number of fused-ring (bicyclic) bond motifs is 9. The van der Waals surface area contributed by atoms with Crippen molar-refractivity contribution in [1.82, 2.24) is 4.57 Å². The Balaban J connectivity index is 1.24. The molecule has 0 saturated heterocycles. The molecular weight excluding hydrogens is 639 g/mol. The lowest BCUT2D eigenvalue weighted by molar-refractivity contribution is 0.667. The fourth-order valence-corrected chi connectivity index (χ4v) is 9.31. The van der Waals surface area contributed by atoms with E-state index in [9.17, 15) is 0 Å². The summed E-state index contributed by atoms with van der Waals surface area (Å²) in [5.74, 6) is 0. The first-order chi connectivity index (χ1) is 25.3. The Hall–Kier alpha value is -6.42. The highest BCUT2D eigenvalue weighted by atomic mass is 32.1. The first kappa shape index (κ1) is 28.4. The molecule has 3 heteroatoms. The van der Waals surface area contributed by atoms with Crippen molar-refractivity contribution >= 4 is 75.3 Å². The maximum Gasteiger partial charge on any atom is 0.159 e. The maximum atomic E-state index is 7.21. The Bertz CT molecular complexity index is 3130. The summed E-state index contributed by atoms with van der Waals surface area (Å²) in [5.41, 5.74) is 12.2. The molecule has 0 spiro atoms. The predicted octanol–water partition coefficient (Wildman–Crippen LogP) is 14.1. The van der Waals surface area contributed by atoms with Gasteiger partial charge in [0.1, 0.15) is 5.58 Å². The van der Waals surface area contributed by atoms with Crippen LogP contribution >= 0.6 is 11.3 Å². The van der Waals surface area contributed by atoms with Gasteiger partial charge in [-0.25, -0.2) is 0 Å². The lowest BCUT2D eigenvalue weighted by Gasteiger charge is -2.10. The van der Waals surface area contributed by atoms with Gasteiger partial charge in [0.25, 0.3) is 0 Å². The second-order valence-electron chi connectivity index (χ2n) is 13.2. The van der Waals surface area contributed by atoms with E-state index in [-0.39, 0.29) is 0 Å². The molecule has 0 saturated carbocycles. The Kier molecular flexibility index (Phi) is 6.16. The molecule has 2 nitrogen and oxygen atoms in total. The molecular formula is C48H29NOS. The first-order valence-corrected chi connectivity index (χ1v) is 18.2. The SMILES string of the molecule is c1ccc(-c2ccc3c(c2)c2ccccc2n3-c2cccc3c2oc2c(-c4ccccc4)ccc(-c4cccc5sc6ccccc6c45)c23)cc1. The van der Waals surface area contributed by atoms with E-state index in [1.54, 1.807) is 0 Å². The van der Waals surface area contributed by atoms with Gasteiger partial charge in [0.05, 0.1) is 16.7 Å². The normalized spacial score (nSPS) is 11.9. The number of thiophene rings is 1. The van der Waals surface area contributed by atoms with Crippen LogP contribution in [0.4, 0.5) is 0 Å². The fraction of sp³-hybridized carbons (Fsp3) is 0. The minimum Gasteiger partial charge on any atom is -0.453 e. The minimum atomic E-state index is 0.884. The van der Waals surface area contributed by atoms with Crippen LogP contribution in [0.15, 0.2) is 180 Å². The molecule has 0 fully saturated rings. The molecule has 3 heterocycles. The van der Waals surface area contributed by atoms with E-state index in [1.807, 2.05) is 11.3 Å². The number of nitrogens with zero attached hydrogens (tertiary/aromatic N) is 1. The molecule has 0 bridgehead atoms. The van der Waals surface area contributed by atoms with Crippen LogP contribution in [0.3, 0.4) is 0 Å². The average molecular weight is 668 g/mol. The summed E-state index contributed by atoms with van der Waals surface area (Å²) in [6.45, 7) is 0. The maximum absolute atomic E-state index is 7.21. The molecule has 238 valence electrons. The summed E-state index contributed by atoms with van der Waals surface area (Å²) in [5, 5.41) is 7.29. The van der Waals surface area contributed by atoms with Gasteiger partial charge in [-0.2, -0.15) is 0 Å². The molecule has 0 radical (unpaired) electrons. The van der Waals surface area contributed by atoms with Crippen molar-refractivity contribution in [3.8, 4) is 39.1 Å². The molecule has 0 unspecified atom stereocenters. The molecule has 0 amide bonds. The van der Waals surface area contributed by atoms with Crippen molar-refractivity contribution in [2.75, 3.05) is 0 Å². The predicted molar refractivity (Wildman–Crippen MR) is 217 cm³/mol. The van der Waals surface area contributed by atoms with Gasteiger partial charge in [-0.15, -0.1) is 11.3 Å². The molecule has 51 heavy (non-hydrogen) atoms. The van der Waals surface area contributed by atoms with Gasteiger partial charge >= 0.3 is 0 Å². The van der Waals surface area contributed by atoms with E-state index in [2.05, 4.69) is 180 Å². The summed E-state index contributed by atoms with van der Waals surface area (Å²) < 4.78 is 12.2. The van der Waals surface area contributed by atoms with Gasteiger partial charge in [-0.05, 0) is 70.3 Å². The van der Waals surface area contributed by atoms with Crippen LogP contribution in [0.2, 0.25) is 0 Å². The van der Waals surface area contributed by atoms with Gasteiger partial charge in [0.2, 0.25) is 0 Å². The zero-order valence-corrected chi connectivity index (χ0v) is 28.3. The molecule has 0 aliphatic heterocycles. The third-order valence-electron chi connectivity index (χ3n) is 10.4. The second kappa shape index (κ2) is 11.0. The minimum absolute atomic E-state index is 0.884. The van der Waals surface area contributed by atoms with Gasteiger partial charge in [0, 0.05) is 47.3 Å². The summed E-state index contributed by atoms with van der Waals surface area (Å²) >= 11 is 1.86. The van der Waals surface area contributed by atoms with Crippen molar-refractivity contribution in [2.45, 2.75) is 0 Å². The van der Waals surface area contributed by atoms with Crippen LogP contribution in [0.1, 0.15) is 0 Å². The largest absolute Gasteiger partial charge is 0.453 e. The highest BCUT2D eigenvalue weighted by Crippen LogP contribution is 2.47. The molecule has 0 aliphatic carbocycles. The Labute approximate surface area is 298 Å². The number of rotatable bonds is 4. The smallest absolute Gasteiger partial charge is 0.159 e. The van der Waals surface area contributed by atoms with Crippen molar-refractivity contribution in [1.29, 1.82) is 0 Å². The van der Waals surface area contributed by atoms with Crippen molar-refractivity contribution in [3.63, 3.8) is 0 Å². The van der Waals surface area contributed by atoms with Crippen LogP contribution in [0.25, 0.3) is 103 Å². The Morgan fingerprint density at radius 3 is 1.88 bits per heavy atom. The van der Waals surface area contributed by atoms with Gasteiger partial charge in [-0.1, -0.05) is 133 Å². The van der Waals surface area contributed by atoms with Gasteiger partial charge in [-0.3, -0.25) is 0 Å². The monoisotopic (exact) mass is 667 g/mol. The number of hydrogen-bond acceptors (Lipinski definition) is 2. The van der Waals surface area contributed by atoms with Gasteiger partial charge < -0.3 is 8.98 Å². The van der Waals surface area contributed by atoms with Gasteiger partial charge in [0.15, 0.2) is 5.58 Å². The van der Waals surface area contributed by atoms with Crippen LogP contribution in [-0.2, 0) is 0 Å². The van der Waals surface area contributed by atoms with Crippen molar-refractivity contribution in [2.24, 2.45) is 0 Å². The lowest BCUT2D eigenvalue weighted by atomic mass is 9.92. The molecule has 0 N–H and O–H groups in total. The summed E-state index contributed by atoms with van der Waals surface area (Å²) in [6, 6.07) is 63.5. The first-order valence-electron chi connectivity index (χ1n) is 17.4. The average Bonchev–Trinajstić information content (AvgIpc) is 3.88. The summed E-state index contributed by atoms with van der Waals surface area (Å²) in [4.78, 5) is 0. The zero-order chi connectivity index (χ0) is 33.5. The third kappa shape index (κ3) is 4.22.